The van der Waals surface area contributed by atoms with Gasteiger partial charge in [-0.2, -0.15) is 0 Å². The number of piperazine rings is 1. The Hall–Kier alpha value is -2.48. The number of aromatic nitrogens is 1. The van der Waals surface area contributed by atoms with Gasteiger partial charge in [-0.3, -0.25) is 9.69 Å². The molecule has 140 valence electrons. The number of amides is 1. The van der Waals surface area contributed by atoms with E-state index in [0.717, 1.165) is 18.7 Å². The Morgan fingerprint density at radius 2 is 1.89 bits per heavy atom. The molecule has 1 amide bonds. The van der Waals surface area contributed by atoms with Gasteiger partial charge in [0.1, 0.15) is 4.88 Å². The minimum Gasteiger partial charge on any atom is -0.462 e. The van der Waals surface area contributed by atoms with E-state index < -0.39 is 0 Å². The van der Waals surface area contributed by atoms with Crippen molar-refractivity contribution >= 4 is 17.2 Å². The summed E-state index contributed by atoms with van der Waals surface area (Å²) in [7, 11) is 0. The topological polar surface area (TPSA) is 69.8 Å². The summed E-state index contributed by atoms with van der Waals surface area (Å²) in [4.78, 5) is 22.6. The molecule has 0 bridgehead atoms. The number of nitrogens with zero attached hydrogens (tertiary/aromatic N) is 3. The lowest BCUT2D eigenvalue weighted by molar-refractivity contribution is 0.0620. The molecule has 3 heterocycles. The third kappa shape index (κ3) is 3.80. The Kier molecular flexibility index (Phi) is 5.33. The van der Waals surface area contributed by atoms with Gasteiger partial charge in [-0.25, -0.2) is 4.98 Å². The molecule has 0 unspecified atom stereocenters. The van der Waals surface area contributed by atoms with Gasteiger partial charge in [-0.05, 0) is 12.1 Å². The lowest BCUT2D eigenvalue weighted by Gasteiger charge is -2.34. The van der Waals surface area contributed by atoms with E-state index in [1.807, 2.05) is 47.4 Å². The standard InChI is InChI=1S/C20H21N3O3S/c24-13-12-22-8-10-23(11-9-22)20(25)18-17(15-5-2-1-3-6-15)21-19(27-18)16-7-4-14-26-16/h1-7,14,24H,8-13H2. The first-order valence-electron chi connectivity index (χ1n) is 8.99. The summed E-state index contributed by atoms with van der Waals surface area (Å²) in [6.45, 7) is 3.66. The van der Waals surface area contributed by atoms with E-state index in [2.05, 4.69) is 4.90 Å². The van der Waals surface area contributed by atoms with Gasteiger partial charge in [0.15, 0.2) is 10.8 Å². The fraction of sp³-hybridized carbons (Fsp3) is 0.300. The van der Waals surface area contributed by atoms with Crippen LogP contribution in [0.25, 0.3) is 22.0 Å². The average molecular weight is 383 g/mol. The Labute approximate surface area is 161 Å². The van der Waals surface area contributed by atoms with Crippen molar-refractivity contribution in [2.45, 2.75) is 0 Å². The SMILES string of the molecule is O=C(c1sc(-c2ccco2)nc1-c1ccccc1)N1CCN(CCO)CC1. The maximum Gasteiger partial charge on any atom is 0.266 e. The molecule has 1 aliphatic heterocycles. The zero-order valence-electron chi connectivity index (χ0n) is 14.9. The van der Waals surface area contributed by atoms with E-state index in [1.54, 1.807) is 6.26 Å². The molecule has 1 saturated heterocycles. The largest absolute Gasteiger partial charge is 0.462 e. The van der Waals surface area contributed by atoms with Crippen molar-refractivity contribution in [2.24, 2.45) is 0 Å². The molecule has 7 heteroatoms. The summed E-state index contributed by atoms with van der Waals surface area (Å²) in [5.74, 6) is 0.678. The molecule has 0 spiro atoms. The smallest absolute Gasteiger partial charge is 0.266 e. The summed E-state index contributed by atoms with van der Waals surface area (Å²) < 4.78 is 5.48. The molecular formula is C20H21N3O3S. The van der Waals surface area contributed by atoms with Gasteiger partial charge in [-0.1, -0.05) is 30.3 Å². The number of furan rings is 1. The summed E-state index contributed by atoms with van der Waals surface area (Å²) in [5.41, 5.74) is 1.63. The van der Waals surface area contributed by atoms with Crippen molar-refractivity contribution in [3.05, 3.63) is 53.6 Å². The van der Waals surface area contributed by atoms with Crippen LogP contribution in [0.5, 0.6) is 0 Å². The van der Waals surface area contributed by atoms with E-state index in [1.165, 1.54) is 11.3 Å². The van der Waals surface area contributed by atoms with Crippen molar-refractivity contribution in [1.82, 2.24) is 14.8 Å². The first-order chi connectivity index (χ1) is 13.3. The summed E-state index contributed by atoms with van der Waals surface area (Å²) in [5, 5.41) is 9.80. The van der Waals surface area contributed by atoms with Gasteiger partial charge in [0.2, 0.25) is 0 Å². The molecule has 4 rings (SSSR count). The third-order valence-corrected chi connectivity index (χ3v) is 5.73. The normalized spacial score (nSPS) is 15.2. The quantitative estimate of drug-likeness (QED) is 0.734. The lowest BCUT2D eigenvalue weighted by atomic mass is 10.1. The zero-order valence-corrected chi connectivity index (χ0v) is 15.7. The van der Waals surface area contributed by atoms with Gasteiger partial charge in [0.05, 0.1) is 18.6 Å². The molecule has 1 aromatic carbocycles. The van der Waals surface area contributed by atoms with Gasteiger partial charge in [0, 0.05) is 38.3 Å². The molecule has 3 aromatic rings. The van der Waals surface area contributed by atoms with Crippen LogP contribution in [-0.4, -0.2) is 65.1 Å². The number of thiazole rings is 1. The second-order valence-corrected chi connectivity index (χ2v) is 7.40. The maximum absolute atomic E-state index is 13.2. The molecule has 27 heavy (non-hydrogen) atoms. The Balaban J connectivity index is 1.64. The maximum atomic E-state index is 13.2. The third-order valence-electron chi connectivity index (χ3n) is 4.68. The number of carbonyl (C=O) groups is 1. The van der Waals surface area contributed by atoms with Crippen molar-refractivity contribution in [3.8, 4) is 22.0 Å². The number of aliphatic hydroxyl groups is 1. The first-order valence-corrected chi connectivity index (χ1v) is 9.80. The fourth-order valence-electron chi connectivity index (χ4n) is 3.22. The first kappa shape index (κ1) is 17.9. The predicted octanol–water partition coefficient (Wildman–Crippen LogP) is 2.82. The van der Waals surface area contributed by atoms with Crippen molar-refractivity contribution in [2.75, 3.05) is 39.3 Å². The molecule has 6 nitrogen and oxygen atoms in total. The van der Waals surface area contributed by atoms with Crippen LogP contribution in [0, 0.1) is 0 Å². The van der Waals surface area contributed by atoms with Crippen LogP contribution in [0.15, 0.2) is 53.1 Å². The summed E-state index contributed by atoms with van der Waals surface area (Å²) in [6.07, 6.45) is 1.61. The average Bonchev–Trinajstić information content (AvgIpc) is 3.39. The summed E-state index contributed by atoms with van der Waals surface area (Å²) in [6, 6.07) is 13.5. The number of β-amino-alcohol motifs (C(OH)–C–C–N with tert-alkyl or cyclic N) is 1. The Morgan fingerprint density at radius 1 is 1.11 bits per heavy atom. The van der Waals surface area contributed by atoms with Crippen LogP contribution in [0.1, 0.15) is 9.67 Å². The van der Waals surface area contributed by atoms with E-state index in [-0.39, 0.29) is 12.5 Å². The zero-order chi connectivity index (χ0) is 18.6. The van der Waals surface area contributed by atoms with E-state index in [0.29, 0.717) is 41.0 Å². The highest BCUT2D eigenvalue weighted by Gasteiger charge is 2.27. The highest BCUT2D eigenvalue weighted by atomic mass is 32.1. The highest BCUT2D eigenvalue weighted by molar-refractivity contribution is 7.17. The summed E-state index contributed by atoms with van der Waals surface area (Å²) >= 11 is 1.38. The fourth-order valence-corrected chi connectivity index (χ4v) is 4.25. The number of benzene rings is 1. The molecular weight excluding hydrogens is 362 g/mol. The molecule has 1 fully saturated rings. The van der Waals surface area contributed by atoms with E-state index >= 15 is 0 Å². The van der Waals surface area contributed by atoms with Gasteiger partial charge >= 0.3 is 0 Å². The number of carbonyl (C=O) groups excluding carboxylic acids is 1. The lowest BCUT2D eigenvalue weighted by Crippen LogP contribution is -2.49. The number of hydrogen-bond donors (Lipinski definition) is 1. The molecule has 0 saturated carbocycles. The molecule has 1 aliphatic rings. The van der Waals surface area contributed by atoms with E-state index in [4.69, 9.17) is 14.5 Å². The van der Waals surface area contributed by atoms with Gasteiger partial charge in [0.25, 0.3) is 5.91 Å². The molecule has 0 radical (unpaired) electrons. The minimum absolute atomic E-state index is 0.00723. The Bertz CT molecular complexity index is 885. The minimum atomic E-state index is 0.00723. The molecule has 0 atom stereocenters. The predicted molar refractivity (Wildman–Crippen MR) is 105 cm³/mol. The van der Waals surface area contributed by atoms with Crippen LogP contribution in [0.3, 0.4) is 0 Å². The molecule has 1 N–H and O–H groups in total. The van der Waals surface area contributed by atoms with Crippen LogP contribution in [0.4, 0.5) is 0 Å². The number of aliphatic hydroxyl groups excluding tert-OH is 1. The van der Waals surface area contributed by atoms with Crippen molar-refractivity contribution in [1.29, 1.82) is 0 Å². The van der Waals surface area contributed by atoms with Crippen LogP contribution < -0.4 is 0 Å². The monoisotopic (exact) mass is 383 g/mol. The molecule has 0 aliphatic carbocycles. The second kappa shape index (κ2) is 8.04. The highest BCUT2D eigenvalue weighted by Crippen LogP contribution is 2.35. The number of hydrogen-bond acceptors (Lipinski definition) is 6. The van der Waals surface area contributed by atoms with E-state index in [9.17, 15) is 4.79 Å². The molecule has 2 aromatic heterocycles. The van der Waals surface area contributed by atoms with Crippen molar-refractivity contribution < 1.29 is 14.3 Å². The van der Waals surface area contributed by atoms with Crippen molar-refractivity contribution in [3.63, 3.8) is 0 Å². The Morgan fingerprint density at radius 3 is 2.56 bits per heavy atom. The van der Waals surface area contributed by atoms with Gasteiger partial charge < -0.3 is 14.4 Å². The van der Waals surface area contributed by atoms with Crippen LogP contribution >= 0.6 is 11.3 Å². The second-order valence-electron chi connectivity index (χ2n) is 6.40. The van der Waals surface area contributed by atoms with Crippen LogP contribution in [-0.2, 0) is 0 Å². The van der Waals surface area contributed by atoms with Crippen LogP contribution in [0.2, 0.25) is 0 Å². The van der Waals surface area contributed by atoms with Gasteiger partial charge in [-0.15, -0.1) is 11.3 Å². The number of rotatable bonds is 5.